The summed E-state index contributed by atoms with van der Waals surface area (Å²) >= 11 is 1.24. The van der Waals surface area contributed by atoms with E-state index in [1.165, 1.54) is 20.3 Å². The Morgan fingerprint density at radius 3 is 2.58 bits per heavy atom. The predicted octanol–water partition coefficient (Wildman–Crippen LogP) is 4.80. The van der Waals surface area contributed by atoms with Gasteiger partial charge in [-0.3, -0.25) is 0 Å². The van der Waals surface area contributed by atoms with Crippen molar-refractivity contribution in [3.8, 4) is 16.2 Å². The Kier molecular flexibility index (Phi) is 7.59. The van der Waals surface area contributed by atoms with Gasteiger partial charge in [0.05, 0.1) is 19.3 Å². The van der Waals surface area contributed by atoms with Crippen molar-refractivity contribution in [3.05, 3.63) is 84.2 Å². The number of methoxy groups -OCH3 is 1. The number of nitrogens with zero attached hydrogens (tertiary/aromatic N) is 4. The van der Waals surface area contributed by atoms with E-state index in [1.807, 2.05) is 48.5 Å². The number of carboxylic acid groups (broad SMARTS) is 1. The molecular weight excluding hydrogens is 524 g/mol. The van der Waals surface area contributed by atoms with E-state index in [0.717, 1.165) is 28.8 Å². The first kappa shape index (κ1) is 26.1. The lowest BCUT2D eigenvalue weighted by Gasteiger charge is -2.33. The molecule has 0 spiro atoms. The van der Waals surface area contributed by atoms with Gasteiger partial charge < -0.3 is 9.84 Å². The summed E-state index contributed by atoms with van der Waals surface area (Å²) in [5.74, 6) is -0.360. The fraction of sp³-hybridized carbons (Fsp3) is 0.296. The highest BCUT2D eigenvalue weighted by Gasteiger charge is 2.37. The maximum atomic E-state index is 13.7. The molecule has 38 heavy (non-hydrogen) atoms. The third-order valence-corrected chi connectivity index (χ3v) is 10.2. The van der Waals surface area contributed by atoms with Crippen molar-refractivity contribution >= 4 is 27.3 Å². The summed E-state index contributed by atoms with van der Waals surface area (Å²) in [7, 11) is -2.21. The normalized spacial score (nSPS) is 17.2. The number of benzene rings is 2. The van der Waals surface area contributed by atoms with Gasteiger partial charge in [0, 0.05) is 17.8 Å². The Morgan fingerprint density at radius 2 is 1.87 bits per heavy atom. The molecule has 1 saturated heterocycles. The number of hydrogen-bond acceptors (Lipinski definition) is 7. The molecular formula is C27H28N4O5S2. The van der Waals surface area contributed by atoms with Crippen LogP contribution in [0.5, 0.6) is 5.75 Å². The summed E-state index contributed by atoms with van der Waals surface area (Å²) in [6, 6.07) is 18.8. The molecule has 0 bridgehead atoms. The highest BCUT2D eigenvalue weighted by atomic mass is 32.2. The maximum Gasteiger partial charge on any atom is 0.328 e. The highest BCUT2D eigenvalue weighted by Crippen LogP contribution is 2.38. The summed E-state index contributed by atoms with van der Waals surface area (Å²) in [6.07, 6.45) is 3.95. The number of thiophene rings is 1. The van der Waals surface area contributed by atoms with Crippen LogP contribution in [0.4, 0.5) is 0 Å². The number of aliphatic carboxylic acids is 1. The second-order valence-electron chi connectivity index (χ2n) is 9.14. The van der Waals surface area contributed by atoms with Crippen molar-refractivity contribution in [2.24, 2.45) is 0 Å². The van der Waals surface area contributed by atoms with Crippen molar-refractivity contribution < 1.29 is 23.1 Å². The van der Waals surface area contributed by atoms with Gasteiger partial charge in [-0.15, -0.1) is 16.4 Å². The van der Waals surface area contributed by atoms with Crippen LogP contribution in [0.1, 0.15) is 42.6 Å². The topological polar surface area (TPSA) is 115 Å². The molecule has 5 rings (SSSR count). The predicted molar refractivity (Wildman–Crippen MR) is 144 cm³/mol. The van der Waals surface area contributed by atoms with Crippen LogP contribution in [0.15, 0.2) is 77.1 Å². The molecule has 2 aromatic heterocycles. The molecule has 0 radical (unpaired) electrons. The minimum atomic E-state index is -3.78. The average Bonchev–Trinajstić information content (AvgIpc) is 3.64. The van der Waals surface area contributed by atoms with E-state index in [1.54, 1.807) is 31.5 Å². The van der Waals surface area contributed by atoms with E-state index in [2.05, 4.69) is 10.3 Å². The average molecular weight is 553 g/mol. The molecule has 1 aliphatic heterocycles. The number of carbonyl (C=O) groups is 1. The van der Waals surface area contributed by atoms with E-state index in [4.69, 9.17) is 4.74 Å². The Morgan fingerprint density at radius 1 is 1.11 bits per heavy atom. The lowest BCUT2D eigenvalue weighted by atomic mass is 10.0. The molecule has 1 unspecified atom stereocenters. The zero-order valence-corrected chi connectivity index (χ0v) is 22.4. The first-order chi connectivity index (χ1) is 18.4. The molecule has 3 heterocycles. The van der Waals surface area contributed by atoms with Crippen molar-refractivity contribution in [2.45, 2.75) is 42.0 Å². The summed E-state index contributed by atoms with van der Waals surface area (Å²) in [5, 5.41) is 18.3. The first-order valence-corrected chi connectivity index (χ1v) is 14.6. The molecule has 4 aromatic rings. The lowest BCUT2D eigenvalue weighted by Crippen LogP contribution is -2.38. The number of aromatic nitrogens is 3. The second kappa shape index (κ2) is 11.1. The Bertz CT molecular complexity index is 1500. The highest BCUT2D eigenvalue weighted by molar-refractivity contribution is 7.91. The molecule has 11 heteroatoms. The van der Waals surface area contributed by atoms with Gasteiger partial charge in [0.2, 0.25) is 0 Å². The smallest absolute Gasteiger partial charge is 0.328 e. The lowest BCUT2D eigenvalue weighted by molar-refractivity contribution is -0.141. The van der Waals surface area contributed by atoms with Crippen LogP contribution in [0, 0.1) is 0 Å². The van der Waals surface area contributed by atoms with Gasteiger partial charge in [-0.1, -0.05) is 54.1 Å². The van der Waals surface area contributed by atoms with Gasteiger partial charge in [0.1, 0.15) is 15.7 Å². The van der Waals surface area contributed by atoms with Crippen LogP contribution in [0.2, 0.25) is 0 Å². The Labute approximate surface area is 225 Å². The standard InChI is InChI=1S/C27H28N4O5S2/c1-36-21-12-10-19(11-13-21)17-24(27(32)33)30-18-22(28-29-30)23-9-5-6-16-31(23)38(34,35)26-15-14-25(37-26)20-7-3-2-4-8-20/h2-4,7-8,10-15,18,23-24H,5-6,9,16-17H2,1H3,(H,32,33)/t23?,24-/m0/s1. The molecule has 2 aromatic carbocycles. The van der Waals surface area contributed by atoms with Crippen molar-refractivity contribution in [2.75, 3.05) is 13.7 Å². The molecule has 0 saturated carbocycles. The summed E-state index contributed by atoms with van der Waals surface area (Å²) in [4.78, 5) is 13.0. The second-order valence-corrected chi connectivity index (χ2v) is 12.3. The maximum absolute atomic E-state index is 13.7. The molecule has 1 N–H and O–H groups in total. The number of piperidine rings is 1. The van der Waals surface area contributed by atoms with Gasteiger partial charge in [0.15, 0.2) is 6.04 Å². The van der Waals surface area contributed by atoms with Crippen LogP contribution in [0.25, 0.3) is 10.4 Å². The summed E-state index contributed by atoms with van der Waals surface area (Å²) < 4.78 is 35.7. The van der Waals surface area contributed by atoms with E-state index < -0.39 is 28.1 Å². The number of ether oxygens (including phenoxy) is 1. The quantitative estimate of drug-likeness (QED) is 0.317. The third kappa shape index (κ3) is 5.35. The number of rotatable bonds is 9. The molecule has 9 nitrogen and oxygen atoms in total. The summed E-state index contributed by atoms with van der Waals surface area (Å²) in [6.45, 7) is 0.368. The zero-order chi connectivity index (χ0) is 26.7. The molecule has 1 fully saturated rings. The summed E-state index contributed by atoms with van der Waals surface area (Å²) in [5.41, 5.74) is 2.23. The number of sulfonamides is 1. The first-order valence-electron chi connectivity index (χ1n) is 12.3. The SMILES string of the molecule is COc1ccc(C[C@@H](C(=O)O)n2cc(C3CCCCN3S(=O)(=O)c3ccc(-c4ccccc4)s3)nn2)cc1. The van der Waals surface area contributed by atoms with Gasteiger partial charge in [0.25, 0.3) is 10.0 Å². The van der Waals surface area contributed by atoms with E-state index >= 15 is 0 Å². The number of carboxylic acids is 1. The van der Waals surface area contributed by atoms with E-state index in [-0.39, 0.29) is 10.6 Å². The van der Waals surface area contributed by atoms with Crippen LogP contribution in [-0.4, -0.2) is 52.4 Å². The van der Waals surface area contributed by atoms with E-state index in [9.17, 15) is 18.3 Å². The Balaban J connectivity index is 1.39. The van der Waals surface area contributed by atoms with Crippen molar-refractivity contribution in [3.63, 3.8) is 0 Å². The fourth-order valence-corrected chi connectivity index (χ4v) is 7.80. The molecule has 198 valence electrons. The van der Waals surface area contributed by atoms with Gasteiger partial charge in [-0.2, -0.15) is 4.31 Å². The zero-order valence-electron chi connectivity index (χ0n) is 20.8. The minimum absolute atomic E-state index is 0.201. The molecule has 0 aliphatic carbocycles. The van der Waals surface area contributed by atoms with Gasteiger partial charge >= 0.3 is 5.97 Å². The third-order valence-electron chi connectivity index (χ3n) is 6.72. The monoisotopic (exact) mass is 552 g/mol. The molecule has 1 aliphatic rings. The number of hydrogen-bond donors (Lipinski definition) is 1. The largest absolute Gasteiger partial charge is 0.497 e. The van der Waals surface area contributed by atoms with Gasteiger partial charge in [-0.05, 0) is 48.2 Å². The van der Waals surface area contributed by atoms with E-state index in [0.29, 0.717) is 24.4 Å². The fourth-order valence-electron chi connectivity index (χ4n) is 4.69. The Hall–Kier alpha value is -3.54. The van der Waals surface area contributed by atoms with Crippen molar-refractivity contribution in [1.82, 2.24) is 19.3 Å². The molecule has 2 atom stereocenters. The molecule has 0 amide bonds. The minimum Gasteiger partial charge on any atom is -0.497 e. The van der Waals surface area contributed by atoms with Gasteiger partial charge in [-0.25, -0.2) is 17.9 Å². The van der Waals surface area contributed by atoms with Crippen LogP contribution in [0.3, 0.4) is 0 Å². The van der Waals surface area contributed by atoms with Crippen LogP contribution in [-0.2, 0) is 21.2 Å². The van der Waals surface area contributed by atoms with Crippen molar-refractivity contribution in [1.29, 1.82) is 0 Å². The van der Waals surface area contributed by atoms with Crippen LogP contribution >= 0.6 is 11.3 Å². The van der Waals surface area contributed by atoms with Crippen LogP contribution < -0.4 is 4.74 Å².